The minimum absolute atomic E-state index is 0.172. The van der Waals surface area contributed by atoms with Crippen LogP contribution in [0.15, 0.2) is 25.3 Å². The molecule has 8 atom stereocenters. The van der Waals surface area contributed by atoms with Crippen molar-refractivity contribution >= 4 is 58.1 Å². The van der Waals surface area contributed by atoms with Crippen LogP contribution >= 0.6 is 0 Å². The molecule has 0 saturated carbocycles. The molecule has 0 radical (unpaired) electrons. The first-order valence-corrected chi connectivity index (χ1v) is 17.3. The zero-order valence-corrected chi connectivity index (χ0v) is 31.6. The SMILES string of the molecule is CC(=O)OC[C@H]1O[C@@H](n2cnc3c(C#CC#Cc4ncnc5c4ncn5[C@@H]4O[C@H](COC(C)=O)[C@@H](OC(C)=O)[C@H]4OC(C)=O)ncnc32)[C@H](OC(C)=O)[C@@H]1OC(C)=O. The molecule has 2 saturated heterocycles. The van der Waals surface area contributed by atoms with E-state index in [4.69, 9.17) is 37.9 Å². The fraction of sp³-hybridized carbons (Fsp3) is 0.444. The molecule has 6 rings (SSSR count). The van der Waals surface area contributed by atoms with Crippen molar-refractivity contribution in [3.8, 4) is 23.7 Å². The van der Waals surface area contributed by atoms with Gasteiger partial charge in [0.25, 0.3) is 0 Å². The van der Waals surface area contributed by atoms with Crippen LogP contribution < -0.4 is 0 Å². The highest BCUT2D eigenvalue weighted by atomic mass is 16.7. The Morgan fingerprint density at radius 3 is 1.24 bits per heavy atom. The second-order valence-corrected chi connectivity index (χ2v) is 12.6. The Morgan fingerprint density at radius 1 is 0.534 bits per heavy atom. The van der Waals surface area contributed by atoms with Gasteiger partial charge in [-0.2, -0.15) is 0 Å². The Bertz CT molecular complexity index is 2240. The second kappa shape index (κ2) is 17.4. The Balaban J connectivity index is 1.28. The average Bonchev–Trinajstić information content (AvgIpc) is 3.92. The number of carbonyl (C=O) groups excluding carboxylic acids is 6. The van der Waals surface area contributed by atoms with E-state index >= 15 is 0 Å². The van der Waals surface area contributed by atoms with Crippen LogP contribution in [0.25, 0.3) is 22.3 Å². The Hall–Kier alpha value is -7.04. The maximum Gasteiger partial charge on any atom is 0.303 e. The summed E-state index contributed by atoms with van der Waals surface area (Å²) in [6.07, 6.45) is -3.67. The van der Waals surface area contributed by atoms with Crippen molar-refractivity contribution in [3.63, 3.8) is 0 Å². The number of hydrogen-bond acceptors (Lipinski definition) is 20. The first-order valence-electron chi connectivity index (χ1n) is 17.3. The molecule has 0 unspecified atom stereocenters. The van der Waals surface area contributed by atoms with Crippen LogP contribution in [-0.2, 0) is 66.7 Å². The van der Waals surface area contributed by atoms with E-state index in [-0.39, 0.29) is 46.9 Å². The number of esters is 6. The van der Waals surface area contributed by atoms with Gasteiger partial charge in [-0.05, 0) is 23.7 Å². The van der Waals surface area contributed by atoms with Gasteiger partial charge in [0.1, 0.15) is 60.5 Å². The lowest BCUT2D eigenvalue weighted by Gasteiger charge is -2.23. The number of aromatic nitrogens is 8. The predicted octanol–water partition coefficient (Wildman–Crippen LogP) is 0.0170. The molecule has 0 aromatic carbocycles. The van der Waals surface area contributed by atoms with Crippen LogP contribution in [0, 0.1) is 23.7 Å². The van der Waals surface area contributed by atoms with Crippen molar-refractivity contribution in [2.24, 2.45) is 0 Å². The molecule has 302 valence electrons. The Morgan fingerprint density at radius 2 is 0.897 bits per heavy atom. The van der Waals surface area contributed by atoms with Crippen molar-refractivity contribution in [1.82, 2.24) is 39.0 Å². The minimum Gasteiger partial charge on any atom is -0.463 e. The standard InChI is InChI=1S/C36H34N8O14/c1-17(45)51-11-25-29(53-19(3)47)31(55-21(5)49)35(57-25)43-15-41-27-23(37-13-39-33(27)43)9-7-8-10-24-28-34(40-14-38-24)44(16-42-28)36-32(56-22(6)50)30(54-20(4)48)26(58-36)12-52-18(2)46/h13-16,25-26,29-32,35-36H,11-12H2,1-6H3/t25-,26-,29-,30-,31-,32-,35-,36-/m1/s1. The fourth-order valence-corrected chi connectivity index (χ4v) is 6.27. The van der Waals surface area contributed by atoms with E-state index in [0.717, 1.165) is 0 Å². The van der Waals surface area contributed by atoms with Crippen molar-refractivity contribution < 1.29 is 66.7 Å². The minimum atomic E-state index is -1.17. The first kappa shape index (κ1) is 40.6. The van der Waals surface area contributed by atoms with Crippen LogP contribution in [0.1, 0.15) is 65.4 Å². The number of fused-ring (bicyclic) bond motifs is 2. The normalized spacial score (nSPS) is 23.5. The maximum absolute atomic E-state index is 12.1. The lowest BCUT2D eigenvalue weighted by Crippen LogP contribution is -2.40. The van der Waals surface area contributed by atoms with Gasteiger partial charge in [-0.1, -0.05) is 0 Å². The molecule has 58 heavy (non-hydrogen) atoms. The summed E-state index contributed by atoms with van der Waals surface area (Å²) in [5.74, 6) is 7.15. The predicted molar refractivity (Wildman–Crippen MR) is 188 cm³/mol. The fourth-order valence-electron chi connectivity index (χ4n) is 6.27. The number of imidazole rings is 2. The number of hydrogen-bond donors (Lipinski definition) is 0. The highest BCUT2D eigenvalue weighted by molar-refractivity contribution is 5.78. The molecular weight excluding hydrogens is 768 g/mol. The van der Waals surface area contributed by atoms with Crippen LogP contribution in [0.3, 0.4) is 0 Å². The van der Waals surface area contributed by atoms with Gasteiger partial charge in [-0.25, -0.2) is 29.9 Å². The van der Waals surface area contributed by atoms with Crippen LogP contribution in [-0.4, -0.2) is 125 Å². The van der Waals surface area contributed by atoms with Crippen molar-refractivity contribution in [3.05, 3.63) is 36.7 Å². The Kier molecular flexibility index (Phi) is 12.2. The summed E-state index contributed by atoms with van der Waals surface area (Å²) < 4.78 is 47.2. The van der Waals surface area contributed by atoms with E-state index in [9.17, 15) is 28.8 Å². The van der Waals surface area contributed by atoms with Gasteiger partial charge >= 0.3 is 35.8 Å². The monoisotopic (exact) mass is 802 g/mol. The highest BCUT2D eigenvalue weighted by Crippen LogP contribution is 2.37. The quantitative estimate of drug-likeness (QED) is 0.116. The number of carbonyl (C=O) groups is 6. The molecule has 0 N–H and O–H groups in total. The molecule has 22 heteroatoms. The topological polar surface area (TPSA) is 263 Å². The van der Waals surface area contributed by atoms with Gasteiger partial charge in [0.15, 0.2) is 48.2 Å². The lowest BCUT2D eigenvalue weighted by molar-refractivity contribution is -0.166. The molecule has 2 aliphatic rings. The summed E-state index contributed by atoms with van der Waals surface area (Å²) >= 11 is 0. The molecule has 2 fully saturated rings. The molecule has 0 amide bonds. The average molecular weight is 803 g/mol. The van der Waals surface area contributed by atoms with Gasteiger partial charge in [0.2, 0.25) is 0 Å². The van der Waals surface area contributed by atoms with Gasteiger partial charge in [0, 0.05) is 41.5 Å². The molecule has 2 aliphatic heterocycles. The molecule has 4 aromatic rings. The van der Waals surface area contributed by atoms with Gasteiger partial charge in [-0.3, -0.25) is 37.9 Å². The van der Waals surface area contributed by atoms with Gasteiger partial charge in [-0.15, -0.1) is 0 Å². The van der Waals surface area contributed by atoms with Crippen LogP contribution in [0.5, 0.6) is 0 Å². The van der Waals surface area contributed by atoms with Crippen molar-refractivity contribution in [2.45, 2.75) is 90.6 Å². The van der Waals surface area contributed by atoms with E-state index in [2.05, 4.69) is 53.6 Å². The van der Waals surface area contributed by atoms with Gasteiger partial charge in [0.05, 0.1) is 12.7 Å². The van der Waals surface area contributed by atoms with Crippen LogP contribution in [0.2, 0.25) is 0 Å². The molecule has 22 nitrogen and oxygen atoms in total. The number of ether oxygens (including phenoxy) is 8. The smallest absolute Gasteiger partial charge is 0.303 e. The van der Waals surface area contributed by atoms with Crippen molar-refractivity contribution in [2.75, 3.05) is 13.2 Å². The third kappa shape index (κ3) is 8.98. The summed E-state index contributed by atoms with van der Waals surface area (Å²) in [5, 5.41) is 0. The lowest BCUT2D eigenvalue weighted by atomic mass is 10.1. The van der Waals surface area contributed by atoms with Crippen molar-refractivity contribution in [1.29, 1.82) is 0 Å². The first-order chi connectivity index (χ1) is 27.7. The van der Waals surface area contributed by atoms with Gasteiger partial charge < -0.3 is 37.9 Å². The zero-order valence-electron chi connectivity index (χ0n) is 31.6. The summed E-state index contributed by atoms with van der Waals surface area (Å²) in [5.41, 5.74) is 1.25. The Labute approximate surface area is 327 Å². The number of rotatable bonds is 10. The highest BCUT2D eigenvalue weighted by Gasteiger charge is 2.52. The molecule has 4 aromatic heterocycles. The van der Waals surface area contributed by atoms with E-state index < -0.39 is 84.9 Å². The summed E-state index contributed by atoms with van der Waals surface area (Å²) in [4.78, 5) is 97.2. The molecular formula is C36H34N8O14. The maximum atomic E-state index is 12.1. The van der Waals surface area contributed by atoms with E-state index in [0.29, 0.717) is 0 Å². The molecule has 0 bridgehead atoms. The van der Waals surface area contributed by atoms with Crippen LogP contribution in [0.4, 0.5) is 0 Å². The molecule has 0 spiro atoms. The van der Waals surface area contributed by atoms with E-state index in [1.54, 1.807) is 0 Å². The summed E-state index contributed by atoms with van der Waals surface area (Å²) in [6, 6.07) is 0. The third-order valence-electron chi connectivity index (χ3n) is 8.37. The van der Waals surface area contributed by atoms with E-state index in [1.807, 2.05) is 0 Å². The summed E-state index contributed by atoms with van der Waals surface area (Å²) in [6.45, 7) is 6.53. The molecule has 6 heterocycles. The zero-order chi connectivity index (χ0) is 41.7. The third-order valence-corrected chi connectivity index (χ3v) is 8.37. The second-order valence-electron chi connectivity index (χ2n) is 12.6. The van der Waals surface area contributed by atoms with E-state index in [1.165, 1.54) is 76.0 Å². The molecule has 0 aliphatic carbocycles. The summed E-state index contributed by atoms with van der Waals surface area (Å²) in [7, 11) is 0. The largest absolute Gasteiger partial charge is 0.463 e. The number of nitrogens with zero attached hydrogens (tertiary/aromatic N) is 8.